The molecule has 0 fully saturated rings. The number of carbonyl (C=O) groups is 1. The third-order valence-electron chi connectivity index (χ3n) is 4.08. The van der Waals surface area contributed by atoms with Crippen LogP contribution in [0.4, 0.5) is 0 Å². The molecule has 30 heavy (non-hydrogen) atoms. The summed E-state index contributed by atoms with van der Waals surface area (Å²) in [5.74, 6) is 1.97. The number of carbonyl (C=O) groups excluding carboxylic acids is 1. The van der Waals surface area contributed by atoms with E-state index < -0.39 is 0 Å². The number of aryl methyl sites for hydroxylation is 2. The molecule has 1 unspecified atom stereocenters. The minimum absolute atomic E-state index is 0. The average Bonchev–Trinajstić information content (AvgIpc) is 2.56. The minimum Gasteiger partial charge on any atom is -1.00 e. The molecule has 2 aromatic carbocycles. The monoisotopic (exact) mass is 424 g/mol. The van der Waals surface area contributed by atoms with Gasteiger partial charge in [0, 0.05) is 17.7 Å². The van der Waals surface area contributed by atoms with Gasteiger partial charge < -0.3 is 15.6 Å². The molecule has 2 rings (SSSR count). The Hall–Kier alpha value is -1.46. The summed E-state index contributed by atoms with van der Waals surface area (Å²) in [7, 11) is -0.107. The van der Waals surface area contributed by atoms with Gasteiger partial charge >= 0.3 is 18.9 Å². The Morgan fingerprint density at radius 1 is 0.833 bits per heavy atom. The molecule has 0 aliphatic heterocycles. The van der Waals surface area contributed by atoms with Crippen LogP contribution in [0.1, 0.15) is 64.5 Å². The summed E-state index contributed by atoms with van der Waals surface area (Å²) < 4.78 is 18.1. The summed E-state index contributed by atoms with van der Waals surface area (Å²) in [5, 5.41) is 0.788. The molecule has 0 bridgehead atoms. The average molecular weight is 424 g/mol. The van der Waals surface area contributed by atoms with Crippen LogP contribution >= 0.6 is 8.58 Å². The summed E-state index contributed by atoms with van der Waals surface area (Å²) in [6, 6.07) is 9.66. The predicted octanol–water partition coefficient (Wildman–Crippen LogP) is 2.93. The zero-order valence-electron chi connectivity index (χ0n) is 20.8. The summed E-state index contributed by atoms with van der Waals surface area (Å²) in [6.45, 7) is 15.8. The van der Waals surface area contributed by atoms with E-state index in [1.54, 1.807) is 0 Å². The van der Waals surface area contributed by atoms with Gasteiger partial charge in [0.05, 0.1) is 23.6 Å². The van der Waals surface area contributed by atoms with E-state index in [1.165, 1.54) is 0 Å². The molecule has 0 saturated heterocycles. The van der Waals surface area contributed by atoms with E-state index in [0.717, 1.165) is 22.0 Å². The molecule has 0 radical (unpaired) electrons. The van der Waals surface area contributed by atoms with Gasteiger partial charge in [-0.15, -0.1) is 0 Å². The smallest absolute Gasteiger partial charge is 1.00 e. The molecule has 0 saturated carbocycles. The Bertz CT molecular complexity index is 817. The molecule has 1 atom stereocenters. The van der Waals surface area contributed by atoms with Crippen LogP contribution in [0.15, 0.2) is 30.3 Å². The first-order valence-electron chi connectivity index (χ1n) is 10.1. The normalized spacial score (nSPS) is 11.3. The molecular weight excluding hydrogens is 390 g/mol. The largest absolute Gasteiger partial charge is 1.00 e. The van der Waals surface area contributed by atoms with Gasteiger partial charge in [-0.1, -0.05) is 18.2 Å². The van der Waals surface area contributed by atoms with Crippen LogP contribution in [0.2, 0.25) is 0 Å². The van der Waals surface area contributed by atoms with Crippen molar-refractivity contribution in [3.63, 3.8) is 0 Å². The second kappa shape index (κ2) is 11.8. The van der Waals surface area contributed by atoms with Gasteiger partial charge in [0.2, 0.25) is 0 Å². The standard InChI is InChI=1S/C24H33O4P.Li.H/c1-14(2)26-19-12-20(27-15(3)4)23(21(13-19)28-16(5)6)29-24(25)22-17(7)10-9-11-18(22)8;;/h9-16,29H,1-8H3;;/q;+1;-1. The number of benzene rings is 2. The Balaban J connectivity index is 0.00000450. The summed E-state index contributed by atoms with van der Waals surface area (Å²) in [5.41, 5.74) is 2.83. The van der Waals surface area contributed by atoms with Gasteiger partial charge in [-0.3, -0.25) is 4.79 Å². The van der Waals surface area contributed by atoms with Crippen molar-refractivity contribution in [3.05, 3.63) is 47.0 Å². The molecule has 0 amide bonds. The second-order valence-electron chi connectivity index (χ2n) is 8.02. The SMILES string of the molecule is Cc1cccc(C)c1C(=O)Pc1c(OC(C)C)cc(OC(C)C)cc1OC(C)C.[H-].[Li+]. The Morgan fingerprint density at radius 3 is 1.67 bits per heavy atom. The van der Waals surface area contributed by atoms with E-state index in [1.807, 2.05) is 85.7 Å². The van der Waals surface area contributed by atoms with Crippen LogP contribution in [-0.2, 0) is 0 Å². The summed E-state index contributed by atoms with van der Waals surface area (Å²) in [4.78, 5) is 13.3. The van der Waals surface area contributed by atoms with Crippen LogP contribution < -0.4 is 38.4 Å². The fourth-order valence-electron chi connectivity index (χ4n) is 3.07. The van der Waals surface area contributed by atoms with Crippen LogP contribution in [0, 0.1) is 13.8 Å². The maximum Gasteiger partial charge on any atom is 1.00 e. The Morgan fingerprint density at radius 2 is 1.27 bits per heavy atom. The zero-order valence-corrected chi connectivity index (χ0v) is 20.8. The van der Waals surface area contributed by atoms with Crippen molar-refractivity contribution in [1.29, 1.82) is 0 Å². The molecule has 0 N–H and O–H groups in total. The van der Waals surface area contributed by atoms with Crippen LogP contribution in [-0.4, -0.2) is 23.8 Å². The molecule has 0 aliphatic carbocycles. The third-order valence-corrected chi connectivity index (χ3v) is 5.30. The molecule has 4 nitrogen and oxygen atoms in total. The molecule has 160 valence electrons. The van der Waals surface area contributed by atoms with Gasteiger partial charge in [0.25, 0.3) is 0 Å². The summed E-state index contributed by atoms with van der Waals surface area (Å²) >= 11 is 0. The van der Waals surface area contributed by atoms with E-state index in [-0.39, 0.29) is 52.7 Å². The summed E-state index contributed by atoms with van der Waals surface area (Å²) in [6.07, 6.45) is -0.0385. The van der Waals surface area contributed by atoms with Crippen LogP contribution in [0.5, 0.6) is 17.2 Å². The number of ether oxygens (including phenoxy) is 3. The van der Waals surface area contributed by atoms with Crippen LogP contribution in [0.3, 0.4) is 0 Å². The maximum absolute atomic E-state index is 13.3. The van der Waals surface area contributed by atoms with Crippen molar-refractivity contribution in [2.24, 2.45) is 0 Å². The first-order valence-corrected chi connectivity index (χ1v) is 11.1. The van der Waals surface area contributed by atoms with Crippen molar-refractivity contribution in [3.8, 4) is 17.2 Å². The minimum atomic E-state index is -0.107. The number of hydrogen-bond donors (Lipinski definition) is 0. The molecule has 0 heterocycles. The Kier molecular flexibility index (Phi) is 10.5. The predicted molar refractivity (Wildman–Crippen MR) is 123 cm³/mol. The van der Waals surface area contributed by atoms with Gasteiger partial charge in [0.1, 0.15) is 17.2 Å². The first-order chi connectivity index (χ1) is 13.6. The van der Waals surface area contributed by atoms with Crippen molar-refractivity contribution in [2.45, 2.75) is 73.7 Å². The quantitative estimate of drug-likeness (QED) is 0.459. The molecular formula is C24H34LiO4P. The molecule has 0 aromatic heterocycles. The van der Waals surface area contributed by atoms with Crippen LogP contribution in [0.25, 0.3) is 0 Å². The number of rotatable bonds is 9. The van der Waals surface area contributed by atoms with Gasteiger partial charge in [0.15, 0.2) is 5.52 Å². The molecule has 0 aliphatic rings. The first kappa shape index (κ1) is 26.6. The molecule has 0 spiro atoms. The van der Waals surface area contributed by atoms with E-state index >= 15 is 0 Å². The zero-order chi connectivity index (χ0) is 21.7. The van der Waals surface area contributed by atoms with Crippen molar-refractivity contribution < 1.29 is 39.3 Å². The van der Waals surface area contributed by atoms with E-state index in [0.29, 0.717) is 17.2 Å². The van der Waals surface area contributed by atoms with E-state index in [9.17, 15) is 4.79 Å². The van der Waals surface area contributed by atoms with Crippen molar-refractivity contribution in [1.82, 2.24) is 0 Å². The molecule has 2 aromatic rings. The second-order valence-corrected chi connectivity index (χ2v) is 9.22. The van der Waals surface area contributed by atoms with E-state index in [4.69, 9.17) is 14.2 Å². The van der Waals surface area contributed by atoms with Crippen molar-refractivity contribution in [2.75, 3.05) is 0 Å². The molecule has 6 heteroatoms. The fourth-order valence-corrected chi connectivity index (χ4v) is 4.33. The van der Waals surface area contributed by atoms with Gasteiger partial charge in [-0.05, 0) is 75.1 Å². The Labute approximate surface area is 196 Å². The maximum atomic E-state index is 13.3. The van der Waals surface area contributed by atoms with Gasteiger partial charge in [-0.2, -0.15) is 0 Å². The third kappa shape index (κ3) is 7.35. The fraction of sp³-hybridized carbons (Fsp3) is 0.458. The topological polar surface area (TPSA) is 44.8 Å². The van der Waals surface area contributed by atoms with Crippen molar-refractivity contribution >= 4 is 19.4 Å². The number of hydrogen-bond acceptors (Lipinski definition) is 4. The van der Waals surface area contributed by atoms with E-state index in [2.05, 4.69) is 0 Å². The van der Waals surface area contributed by atoms with Gasteiger partial charge in [-0.25, -0.2) is 0 Å².